The standard InChI is InChI=1S/C25H29N5O4/c1-16(34-24(30-26)29-19-5-3-2-4-6-19)22(31)28-20-7-8-21(27-15-20)17-9-11-25(12-10-17)13-18(14-25)23(32)33/h2-8,15,17-18H,1,9-14,26H2,(H,28,31)(H,29,30)(H,32,33). The molecule has 5 N–H and O–H groups in total. The molecule has 4 rings (SSSR count). The number of aromatic nitrogens is 1. The van der Waals surface area contributed by atoms with Crippen molar-refractivity contribution in [3.8, 4) is 0 Å². The minimum atomic E-state index is -0.667. The monoisotopic (exact) mass is 463 g/mol. The lowest BCUT2D eigenvalue weighted by atomic mass is 9.54. The van der Waals surface area contributed by atoms with Gasteiger partial charge >= 0.3 is 12.0 Å². The van der Waals surface area contributed by atoms with Gasteiger partial charge in [0.25, 0.3) is 5.91 Å². The van der Waals surface area contributed by atoms with E-state index in [9.17, 15) is 9.59 Å². The fourth-order valence-electron chi connectivity index (χ4n) is 4.88. The van der Waals surface area contributed by atoms with E-state index in [1.807, 2.05) is 30.3 Å². The second-order valence-electron chi connectivity index (χ2n) is 9.07. The topological polar surface area (TPSA) is 139 Å². The number of carboxylic acid groups (broad SMARTS) is 1. The fraction of sp³-hybridized carbons (Fsp3) is 0.360. The molecule has 1 amide bonds. The van der Waals surface area contributed by atoms with Crippen LogP contribution in [0.3, 0.4) is 0 Å². The van der Waals surface area contributed by atoms with Crippen molar-refractivity contribution in [1.29, 1.82) is 0 Å². The maximum absolute atomic E-state index is 12.5. The molecule has 2 aliphatic rings. The molecule has 178 valence electrons. The molecule has 1 aromatic heterocycles. The van der Waals surface area contributed by atoms with Gasteiger partial charge in [0, 0.05) is 11.6 Å². The molecule has 1 aromatic carbocycles. The number of para-hydroxylation sites is 1. The van der Waals surface area contributed by atoms with Gasteiger partial charge in [-0.05, 0) is 68.2 Å². The molecule has 0 atom stereocenters. The van der Waals surface area contributed by atoms with Crippen LogP contribution in [0.4, 0.5) is 11.4 Å². The third-order valence-corrected chi connectivity index (χ3v) is 6.80. The van der Waals surface area contributed by atoms with Gasteiger partial charge in [0.2, 0.25) is 0 Å². The quantitative estimate of drug-likeness (QED) is 0.127. The van der Waals surface area contributed by atoms with Gasteiger partial charge in [-0.1, -0.05) is 24.8 Å². The highest BCUT2D eigenvalue weighted by atomic mass is 16.5. The van der Waals surface area contributed by atoms with Crippen LogP contribution in [0.5, 0.6) is 0 Å². The Kier molecular flexibility index (Phi) is 6.93. The van der Waals surface area contributed by atoms with Gasteiger partial charge < -0.3 is 15.2 Å². The molecule has 1 spiro atoms. The summed E-state index contributed by atoms with van der Waals surface area (Å²) in [5.74, 6) is 4.25. The van der Waals surface area contributed by atoms with E-state index < -0.39 is 11.9 Å². The number of aliphatic carboxylic acids is 1. The third-order valence-electron chi connectivity index (χ3n) is 6.80. The van der Waals surface area contributed by atoms with Crippen molar-refractivity contribution < 1.29 is 19.4 Å². The van der Waals surface area contributed by atoms with Crippen LogP contribution < -0.4 is 16.6 Å². The number of nitrogens with one attached hydrogen (secondary N) is 2. The van der Waals surface area contributed by atoms with E-state index in [1.54, 1.807) is 18.3 Å². The number of rotatable bonds is 6. The number of hydrazine groups is 1. The van der Waals surface area contributed by atoms with E-state index in [4.69, 9.17) is 15.7 Å². The Balaban J connectivity index is 1.28. The number of carbonyl (C=O) groups excluding carboxylic acids is 1. The first kappa shape index (κ1) is 23.4. The zero-order valence-corrected chi connectivity index (χ0v) is 18.9. The molecule has 2 aromatic rings. The molecule has 0 aliphatic heterocycles. The number of hydrogen-bond donors (Lipinski definition) is 4. The van der Waals surface area contributed by atoms with E-state index in [-0.39, 0.29) is 23.1 Å². The average Bonchev–Trinajstić information content (AvgIpc) is 2.83. The average molecular weight is 464 g/mol. The van der Waals surface area contributed by atoms with Gasteiger partial charge in [-0.3, -0.25) is 20.0 Å². The second kappa shape index (κ2) is 10.0. The van der Waals surface area contributed by atoms with Gasteiger partial charge in [-0.15, -0.1) is 0 Å². The molecule has 1 heterocycles. The van der Waals surface area contributed by atoms with E-state index >= 15 is 0 Å². The highest BCUT2D eigenvalue weighted by Gasteiger charge is 2.48. The SMILES string of the molecule is C=C(OC(=Nc1ccccc1)NN)C(=O)Nc1ccc(C2CCC3(CC2)CC(C(=O)O)C3)nc1. The first-order valence-corrected chi connectivity index (χ1v) is 11.3. The lowest BCUT2D eigenvalue weighted by Crippen LogP contribution is -2.43. The third kappa shape index (κ3) is 5.43. The second-order valence-corrected chi connectivity index (χ2v) is 9.07. The van der Waals surface area contributed by atoms with Crippen molar-refractivity contribution in [2.24, 2.45) is 22.2 Å². The predicted octanol–water partition coefficient (Wildman–Crippen LogP) is 3.84. The number of hydrogen-bond acceptors (Lipinski definition) is 6. The number of amidine groups is 1. The van der Waals surface area contributed by atoms with Gasteiger partial charge in [0.05, 0.1) is 23.5 Å². The number of anilines is 1. The number of aliphatic imine (C=N–C) groups is 1. The minimum absolute atomic E-state index is 0.0592. The Morgan fingerprint density at radius 3 is 2.44 bits per heavy atom. The molecule has 2 saturated carbocycles. The van der Waals surface area contributed by atoms with E-state index in [1.165, 1.54) is 0 Å². The number of nitrogens with zero attached hydrogens (tertiary/aromatic N) is 2. The van der Waals surface area contributed by atoms with Crippen molar-refractivity contribution in [3.63, 3.8) is 0 Å². The van der Waals surface area contributed by atoms with E-state index in [0.29, 0.717) is 17.3 Å². The largest absolute Gasteiger partial charge is 0.481 e. The lowest BCUT2D eigenvalue weighted by molar-refractivity contribution is -0.151. The Morgan fingerprint density at radius 1 is 1.15 bits per heavy atom. The maximum atomic E-state index is 12.5. The molecular formula is C25H29N5O4. The summed E-state index contributed by atoms with van der Waals surface area (Å²) in [5, 5.41) is 11.9. The molecule has 2 aliphatic carbocycles. The number of carboxylic acids is 1. The summed E-state index contributed by atoms with van der Waals surface area (Å²) in [5.41, 5.74) is 4.65. The Bertz CT molecular complexity index is 1070. The number of nitrogens with two attached hydrogens (primary N) is 1. The van der Waals surface area contributed by atoms with Crippen molar-refractivity contribution in [2.75, 3.05) is 5.32 Å². The summed E-state index contributed by atoms with van der Waals surface area (Å²) >= 11 is 0. The van der Waals surface area contributed by atoms with Crippen molar-refractivity contribution in [2.45, 2.75) is 44.4 Å². The maximum Gasteiger partial charge on any atom is 0.310 e. The van der Waals surface area contributed by atoms with Crippen molar-refractivity contribution in [3.05, 3.63) is 66.7 Å². The van der Waals surface area contributed by atoms with Crippen LogP contribution in [0.2, 0.25) is 0 Å². The number of benzene rings is 1. The van der Waals surface area contributed by atoms with Gasteiger partial charge in [0.15, 0.2) is 5.76 Å². The van der Waals surface area contributed by atoms with E-state index in [0.717, 1.165) is 44.2 Å². The highest BCUT2D eigenvalue weighted by Crippen LogP contribution is 2.56. The fourth-order valence-corrected chi connectivity index (χ4v) is 4.88. The molecule has 9 heteroatoms. The summed E-state index contributed by atoms with van der Waals surface area (Å²) in [6.07, 6.45) is 7.32. The molecule has 2 fully saturated rings. The Hall–Kier alpha value is -3.72. The molecule has 0 unspecified atom stereocenters. The first-order chi connectivity index (χ1) is 16.4. The van der Waals surface area contributed by atoms with Crippen LogP contribution in [-0.4, -0.2) is 28.0 Å². The minimum Gasteiger partial charge on any atom is -0.481 e. The normalized spacial score (nSPS) is 24.1. The molecular weight excluding hydrogens is 434 g/mol. The number of amides is 1. The molecule has 34 heavy (non-hydrogen) atoms. The predicted molar refractivity (Wildman–Crippen MR) is 128 cm³/mol. The van der Waals surface area contributed by atoms with Crippen LogP contribution in [0.15, 0.2) is 66.0 Å². The summed E-state index contributed by atoms with van der Waals surface area (Å²) in [7, 11) is 0. The van der Waals surface area contributed by atoms with Crippen LogP contribution in [0.25, 0.3) is 0 Å². The smallest absolute Gasteiger partial charge is 0.310 e. The van der Waals surface area contributed by atoms with Crippen molar-refractivity contribution in [1.82, 2.24) is 10.4 Å². The number of ether oxygens (including phenoxy) is 1. The Labute approximate surface area is 198 Å². The van der Waals surface area contributed by atoms with Crippen LogP contribution in [-0.2, 0) is 14.3 Å². The van der Waals surface area contributed by atoms with Gasteiger partial charge in [-0.25, -0.2) is 5.84 Å². The van der Waals surface area contributed by atoms with Gasteiger partial charge in [0.1, 0.15) is 0 Å². The summed E-state index contributed by atoms with van der Waals surface area (Å²) in [6, 6.07) is 12.7. The number of carbonyl (C=O) groups is 2. The summed E-state index contributed by atoms with van der Waals surface area (Å²) < 4.78 is 5.36. The zero-order valence-electron chi connectivity index (χ0n) is 18.9. The molecule has 9 nitrogen and oxygen atoms in total. The lowest BCUT2D eigenvalue weighted by Gasteiger charge is -2.50. The zero-order chi connectivity index (χ0) is 24.1. The summed E-state index contributed by atoms with van der Waals surface area (Å²) in [6.45, 7) is 3.65. The molecule has 0 radical (unpaired) electrons. The Morgan fingerprint density at radius 2 is 1.85 bits per heavy atom. The highest BCUT2D eigenvalue weighted by molar-refractivity contribution is 6.03. The first-order valence-electron chi connectivity index (χ1n) is 11.3. The van der Waals surface area contributed by atoms with Crippen LogP contribution in [0.1, 0.15) is 50.1 Å². The van der Waals surface area contributed by atoms with Crippen LogP contribution in [0, 0.1) is 11.3 Å². The van der Waals surface area contributed by atoms with Gasteiger partial charge in [-0.2, -0.15) is 4.99 Å². The number of pyridine rings is 1. The van der Waals surface area contributed by atoms with E-state index in [2.05, 4.69) is 27.3 Å². The molecule has 0 bridgehead atoms. The molecule has 0 saturated heterocycles. The van der Waals surface area contributed by atoms with Crippen LogP contribution >= 0.6 is 0 Å². The summed E-state index contributed by atoms with van der Waals surface area (Å²) in [4.78, 5) is 32.3. The van der Waals surface area contributed by atoms with Crippen molar-refractivity contribution >= 4 is 29.3 Å².